The van der Waals surface area contributed by atoms with Crippen LogP contribution >= 0.6 is 11.6 Å². The Hall–Kier alpha value is -3.36. The molecule has 0 unspecified atom stereocenters. The van der Waals surface area contributed by atoms with Crippen molar-refractivity contribution in [3.8, 4) is 0 Å². The molecule has 1 atom stereocenters. The summed E-state index contributed by atoms with van der Waals surface area (Å²) in [6.07, 6.45) is 4.36. The molecule has 3 aromatic rings. The molecule has 0 bridgehead atoms. The number of hydrogen-bond donors (Lipinski definition) is 1. The zero-order chi connectivity index (χ0) is 27.8. The maximum absolute atomic E-state index is 14.0. The number of carbonyl (C=O) groups excluding carboxylic acids is 2. The molecule has 1 aliphatic carbocycles. The second kappa shape index (κ2) is 13.1. The lowest BCUT2D eigenvalue weighted by atomic mass is 10.1. The van der Waals surface area contributed by atoms with E-state index in [9.17, 15) is 18.0 Å². The van der Waals surface area contributed by atoms with Gasteiger partial charge < -0.3 is 10.2 Å². The zero-order valence-electron chi connectivity index (χ0n) is 22.0. The Morgan fingerprint density at radius 1 is 0.923 bits per heavy atom. The molecule has 0 saturated heterocycles. The first kappa shape index (κ1) is 28.6. The Bertz CT molecular complexity index is 1350. The molecule has 0 heterocycles. The average molecular weight is 568 g/mol. The van der Waals surface area contributed by atoms with Crippen LogP contribution in [-0.4, -0.2) is 43.8 Å². The van der Waals surface area contributed by atoms with E-state index in [-0.39, 0.29) is 23.4 Å². The lowest BCUT2D eigenvalue weighted by Gasteiger charge is -2.33. The van der Waals surface area contributed by atoms with E-state index in [1.165, 1.54) is 17.0 Å². The third kappa shape index (κ3) is 7.19. The Labute approximate surface area is 235 Å². The summed E-state index contributed by atoms with van der Waals surface area (Å²) in [6, 6.07) is 23.0. The number of rotatable bonds is 11. The number of nitrogens with one attached hydrogen (secondary N) is 1. The SMILES string of the molecule is CC[C@H](C(=O)NC1CCCC1)N(Cc1ccc(Cl)cc1)C(=O)CN(c1ccccc1)S(=O)(=O)c1ccccc1. The van der Waals surface area contributed by atoms with Crippen molar-refractivity contribution in [1.82, 2.24) is 10.2 Å². The fourth-order valence-corrected chi connectivity index (χ4v) is 6.48. The van der Waals surface area contributed by atoms with Crippen molar-refractivity contribution >= 4 is 39.1 Å². The molecule has 1 fully saturated rings. The minimum Gasteiger partial charge on any atom is -0.352 e. The monoisotopic (exact) mass is 567 g/mol. The fraction of sp³-hybridized carbons (Fsp3) is 0.333. The molecule has 0 radical (unpaired) electrons. The molecular weight excluding hydrogens is 534 g/mol. The first-order valence-electron chi connectivity index (χ1n) is 13.3. The Balaban J connectivity index is 1.68. The van der Waals surface area contributed by atoms with Gasteiger partial charge in [0.25, 0.3) is 10.0 Å². The van der Waals surface area contributed by atoms with Gasteiger partial charge in [-0.3, -0.25) is 13.9 Å². The maximum atomic E-state index is 14.0. The van der Waals surface area contributed by atoms with E-state index >= 15 is 0 Å². The van der Waals surface area contributed by atoms with Gasteiger partial charge >= 0.3 is 0 Å². The number of nitrogens with zero attached hydrogens (tertiary/aromatic N) is 2. The van der Waals surface area contributed by atoms with Crippen molar-refractivity contribution in [1.29, 1.82) is 0 Å². The summed E-state index contributed by atoms with van der Waals surface area (Å²) in [6.45, 7) is 1.54. The van der Waals surface area contributed by atoms with Gasteiger partial charge in [-0.2, -0.15) is 0 Å². The van der Waals surface area contributed by atoms with Crippen molar-refractivity contribution in [2.45, 2.75) is 62.6 Å². The molecule has 3 aromatic carbocycles. The molecule has 39 heavy (non-hydrogen) atoms. The first-order chi connectivity index (χ1) is 18.8. The summed E-state index contributed by atoms with van der Waals surface area (Å²) in [5.41, 5.74) is 1.15. The molecule has 206 valence electrons. The topological polar surface area (TPSA) is 86.8 Å². The van der Waals surface area contributed by atoms with Crippen LogP contribution in [0.1, 0.15) is 44.6 Å². The van der Waals surface area contributed by atoms with E-state index in [1.54, 1.807) is 72.8 Å². The third-order valence-corrected chi connectivity index (χ3v) is 9.05. The summed E-state index contributed by atoms with van der Waals surface area (Å²) < 4.78 is 28.6. The highest BCUT2D eigenvalue weighted by Crippen LogP contribution is 2.25. The van der Waals surface area contributed by atoms with Crippen molar-refractivity contribution in [3.63, 3.8) is 0 Å². The number of amides is 2. The highest BCUT2D eigenvalue weighted by Gasteiger charge is 2.34. The molecule has 1 saturated carbocycles. The predicted octanol–water partition coefficient (Wildman–Crippen LogP) is 5.40. The summed E-state index contributed by atoms with van der Waals surface area (Å²) in [5, 5.41) is 3.68. The predicted molar refractivity (Wildman–Crippen MR) is 154 cm³/mol. The van der Waals surface area contributed by atoms with Crippen molar-refractivity contribution in [3.05, 3.63) is 95.5 Å². The van der Waals surface area contributed by atoms with Gasteiger partial charge in [0.15, 0.2) is 0 Å². The van der Waals surface area contributed by atoms with Gasteiger partial charge in [-0.05, 0) is 61.2 Å². The van der Waals surface area contributed by atoms with Gasteiger partial charge in [0.2, 0.25) is 11.8 Å². The number of anilines is 1. The minimum atomic E-state index is -4.06. The van der Waals surface area contributed by atoms with Crippen molar-refractivity contribution in [2.75, 3.05) is 10.8 Å². The van der Waals surface area contributed by atoms with E-state index in [2.05, 4.69) is 5.32 Å². The number of sulfonamides is 1. The van der Waals surface area contributed by atoms with Crippen LogP contribution in [0, 0.1) is 0 Å². The molecule has 0 aliphatic heterocycles. The Morgan fingerprint density at radius 3 is 2.10 bits per heavy atom. The van der Waals surface area contributed by atoms with E-state index in [0.717, 1.165) is 35.6 Å². The van der Waals surface area contributed by atoms with Crippen LogP contribution in [0.4, 0.5) is 5.69 Å². The second-order valence-electron chi connectivity index (χ2n) is 9.72. The van der Waals surface area contributed by atoms with Crippen LogP contribution in [0.2, 0.25) is 5.02 Å². The number of halogens is 1. The second-order valence-corrected chi connectivity index (χ2v) is 12.0. The highest BCUT2D eigenvalue weighted by atomic mass is 35.5. The minimum absolute atomic E-state index is 0.0805. The maximum Gasteiger partial charge on any atom is 0.264 e. The van der Waals surface area contributed by atoms with Gasteiger partial charge in [-0.15, -0.1) is 0 Å². The lowest BCUT2D eigenvalue weighted by Crippen LogP contribution is -2.53. The Kier molecular flexibility index (Phi) is 9.64. The van der Waals surface area contributed by atoms with Gasteiger partial charge in [0.05, 0.1) is 10.6 Å². The molecule has 2 amide bonds. The summed E-state index contributed by atoms with van der Waals surface area (Å²) in [5.74, 6) is -0.689. The smallest absolute Gasteiger partial charge is 0.264 e. The third-order valence-electron chi connectivity index (χ3n) is 7.01. The van der Waals surface area contributed by atoms with Crippen molar-refractivity contribution in [2.24, 2.45) is 0 Å². The Morgan fingerprint density at radius 2 is 1.51 bits per heavy atom. The first-order valence-corrected chi connectivity index (χ1v) is 15.1. The largest absolute Gasteiger partial charge is 0.352 e. The van der Waals surface area contributed by atoms with E-state index in [4.69, 9.17) is 11.6 Å². The normalized spacial score (nSPS) is 14.5. The van der Waals surface area contributed by atoms with Crippen LogP contribution < -0.4 is 9.62 Å². The molecule has 1 aliphatic rings. The lowest BCUT2D eigenvalue weighted by molar-refractivity contribution is -0.140. The van der Waals surface area contributed by atoms with Crippen LogP contribution in [0.15, 0.2) is 89.8 Å². The van der Waals surface area contributed by atoms with Crippen LogP contribution in [-0.2, 0) is 26.2 Å². The van der Waals surface area contributed by atoms with E-state index in [0.29, 0.717) is 17.1 Å². The van der Waals surface area contributed by atoms with Gasteiger partial charge in [0, 0.05) is 17.6 Å². The highest BCUT2D eigenvalue weighted by molar-refractivity contribution is 7.92. The quantitative estimate of drug-likeness (QED) is 0.336. The van der Waals surface area contributed by atoms with Crippen LogP contribution in [0.5, 0.6) is 0 Å². The number of carbonyl (C=O) groups is 2. The van der Waals surface area contributed by atoms with E-state index < -0.39 is 28.5 Å². The molecule has 7 nitrogen and oxygen atoms in total. The van der Waals surface area contributed by atoms with E-state index in [1.807, 2.05) is 6.92 Å². The summed E-state index contributed by atoms with van der Waals surface area (Å²) >= 11 is 6.07. The van der Waals surface area contributed by atoms with Crippen molar-refractivity contribution < 1.29 is 18.0 Å². The fourth-order valence-electron chi connectivity index (χ4n) is 4.92. The summed E-state index contributed by atoms with van der Waals surface area (Å²) in [4.78, 5) is 29.0. The number of benzene rings is 3. The average Bonchev–Trinajstić information content (AvgIpc) is 3.46. The van der Waals surface area contributed by atoms with Gasteiger partial charge in [-0.25, -0.2) is 8.42 Å². The molecule has 0 spiro atoms. The van der Waals surface area contributed by atoms with Crippen LogP contribution in [0.3, 0.4) is 0 Å². The molecular formula is C30H34ClN3O4S. The molecule has 1 N–H and O–H groups in total. The zero-order valence-corrected chi connectivity index (χ0v) is 23.6. The van der Waals surface area contributed by atoms with Gasteiger partial charge in [-0.1, -0.05) is 79.9 Å². The molecule has 0 aromatic heterocycles. The number of para-hydroxylation sites is 1. The van der Waals surface area contributed by atoms with Gasteiger partial charge in [0.1, 0.15) is 12.6 Å². The molecule has 9 heteroatoms. The molecule has 4 rings (SSSR count). The number of hydrogen-bond acceptors (Lipinski definition) is 4. The van der Waals surface area contributed by atoms with Crippen LogP contribution in [0.25, 0.3) is 0 Å². The summed E-state index contributed by atoms with van der Waals surface area (Å²) in [7, 11) is -4.06. The standard InChI is InChI=1S/C30H34ClN3O4S/c1-2-28(30(36)32-25-11-9-10-12-25)33(21-23-17-19-24(31)20-18-23)29(35)22-34(26-13-5-3-6-14-26)39(37,38)27-15-7-4-8-16-27/h3-8,13-20,25,28H,2,9-12,21-22H2,1H3,(H,32,36)/t28-/m1/s1.